The molecule has 0 amide bonds. The smallest absolute Gasteiger partial charge is 0.337 e. The Labute approximate surface area is 123 Å². The molecular formula is C16H16ClNO2. The third-order valence-corrected chi connectivity index (χ3v) is 3.39. The topological polar surface area (TPSA) is 40.5 Å². The molecule has 0 saturated carbocycles. The number of carbonyl (C=O) groups is 1. The highest BCUT2D eigenvalue weighted by molar-refractivity contribution is 6.30. The van der Waals surface area contributed by atoms with Gasteiger partial charge in [-0.2, -0.15) is 0 Å². The standard InChI is InChI=1S/C16H16ClNO2/c1-11-5-3-8-14(16(19)20)15(11)18(2)10-12-6-4-7-13(17)9-12/h3-9H,10H2,1-2H3,(H,19,20). The summed E-state index contributed by atoms with van der Waals surface area (Å²) in [7, 11) is 1.88. The molecule has 2 rings (SSSR count). The minimum Gasteiger partial charge on any atom is -0.478 e. The van der Waals surface area contributed by atoms with Gasteiger partial charge in [0, 0.05) is 18.6 Å². The molecule has 0 spiro atoms. The number of carboxylic acid groups (broad SMARTS) is 1. The van der Waals surface area contributed by atoms with Crippen molar-refractivity contribution in [3.8, 4) is 0 Å². The van der Waals surface area contributed by atoms with Gasteiger partial charge < -0.3 is 10.0 Å². The van der Waals surface area contributed by atoms with Crippen LogP contribution in [-0.2, 0) is 6.54 Å². The highest BCUT2D eigenvalue weighted by atomic mass is 35.5. The second-order valence-electron chi connectivity index (χ2n) is 4.76. The van der Waals surface area contributed by atoms with Crippen LogP contribution in [0.1, 0.15) is 21.5 Å². The first-order valence-corrected chi connectivity index (χ1v) is 6.65. The van der Waals surface area contributed by atoms with Crippen molar-refractivity contribution in [1.29, 1.82) is 0 Å². The highest BCUT2D eigenvalue weighted by Gasteiger charge is 2.15. The maximum absolute atomic E-state index is 11.3. The molecule has 0 aliphatic carbocycles. The Morgan fingerprint density at radius 2 is 1.95 bits per heavy atom. The first-order chi connectivity index (χ1) is 9.49. The summed E-state index contributed by atoms with van der Waals surface area (Å²) in [6, 6.07) is 12.9. The predicted molar refractivity (Wildman–Crippen MR) is 81.7 cm³/mol. The molecule has 20 heavy (non-hydrogen) atoms. The Morgan fingerprint density at radius 1 is 1.25 bits per heavy atom. The summed E-state index contributed by atoms with van der Waals surface area (Å²) < 4.78 is 0. The van der Waals surface area contributed by atoms with Crippen molar-refractivity contribution in [2.75, 3.05) is 11.9 Å². The highest BCUT2D eigenvalue weighted by Crippen LogP contribution is 2.26. The molecule has 0 fully saturated rings. The van der Waals surface area contributed by atoms with E-state index in [9.17, 15) is 9.90 Å². The summed E-state index contributed by atoms with van der Waals surface area (Å²) in [6.45, 7) is 2.52. The third kappa shape index (κ3) is 3.11. The monoisotopic (exact) mass is 289 g/mol. The van der Waals surface area contributed by atoms with E-state index < -0.39 is 5.97 Å². The Hall–Kier alpha value is -2.00. The van der Waals surface area contributed by atoms with Crippen molar-refractivity contribution < 1.29 is 9.90 Å². The molecule has 0 heterocycles. The molecule has 1 N–H and O–H groups in total. The van der Waals surface area contributed by atoms with Crippen LogP contribution in [0.2, 0.25) is 5.02 Å². The van der Waals surface area contributed by atoms with E-state index in [1.54, 1.807) is 12.1 Å². The van der Waals surface area contributed by atoms with Crippen LogP contribution in [-0.4, -0.2) is 18.1 Å². The SMILES string of the molecule is Cc1cccc(C(=O)O)c1N(C)Cc1cccc(Cl)c1. The lowest BCUT2D eigenvalue weighted by molar-refractivity contribution is 0.0697. The van der Waals surface area contributed by atoms with Crippen LogP contribution in [0.4, 0.5) is 5.69 Å². The zero-order chi connectivity index (χ0) is 14.7. The number of rotatable bonds is 4. The van der Waals surface area contributed by atoms with Crippen LogP contribution in [0.15, 0.2) is 42.5 Å². The summed E-state index contributed by atoms with van der Waals surface area (Å²) >= 11 is 5.97. The molecule has 0 aliphatic heterocycles. The molecule has 0 radical (unpaired) electrons. The van der Waals surface area contributed by atoms with Gasteiger partial charge >= 0.3 is 5.97 Å². The Morgan fingerprint density at radius 3 is 2.60 bits per heavy atom. The third-order valence-electron chi connectivity index (χ3n) is 3.16. The minimum atomic E-state index is -0.915. The Kier molecular flexibility index (Phi) is 4.30. The van der Waals surface area contributed by atoms with Crippen LogP contribution >= 0.6 is 11.6 Å². The van der Waals surface area contributed by atoms with E-state index in [0.29, 0.717) is 17.1 Å². The number of aryl methyl sites for hydroxylation is 1. The van der Waals surface area contributed by atoms with Gasteiger partial charge in [-0.25, -0.2) is 4.79 Å². The largest absolute Gasteiger partial charge is 0.478 e. The van der Waals surface area contributed by atoms with Gasteiger partial charge in [-0.05, 0) is 36.2 Å². The zero-order valence-electron chi connectivity index (χ0n) is 11.4. The maximum atomic E-state index is 11.3. The van der Waals surface area contributed by atoms with E-state index in [0.717, 1.165) is 16.8 Å². The molecule has 0 aromatic heterocycles. The van der Waals surface area contributed by atoms with Crippen LogP contribution in [0.3, 0.4) is 0 Å². The van der Waals surface area contributed by atoms with Crippen molar-refractivity contribution in [3.63, 3.8) is 0 Å². The van der Waals surface area contributed by atoms with Crippen molar-refractivity contribution in [3.05, 3.63) is 64.2 Å². The minimum absolute atomic E-state index is 0.314. The number of anilines is 1. The molecule has 0 aliphatic rings. The molecule has 0 atom stereocenters. The van der Waals surface area contributed by atoms with Gasteiger partial charge in [0.2, 0.25) is 0 Å². The number of halogens is 1. The van der Waals surface area contributed by atoms with Gasteiger partial charge in [-0.15, -0.1) is 0 Å². The number of hydrogen-bond donors (Lipinski definition) is 1. The van der Waals surface area contributed by atoms with E-state index in [2.05, 4.69) is 0 Å². The number of benzene rings is 2. The van der Waals surface area contributed by atoms with E-state index in [-0.39, 0.29) is 0 Å². The summed E-state index contributed by atoms with van der Waals surface area (Å²) in [6.07, 6.45) is 0. The molecule has 0 unspecified atom stereocenters. The summed E-state index contributed by atoms with van der Waals surface area (Å²) in [4.78, 5) is 13.3. The first-order valence-electron chi connectivity index (χ1n) is 6.27. The Balaban J connectivity index is 2.34. The van der Waals surface area contributed by atoms with Crippen LogP contribution in [0.5, 0.6) is 0 Å². The second-order valence-corrected chi connectivity index (χ2v) is 5.20. The molecule has 0 saturated heterocycles. The number of aromatic carboxylic acids is 1. The van der Waals surface area contributed by atoms with Gasteiger partial charge in [-0.3, -0.25) is 0 Å². The Bertz CT molecular complexity index is 640. The van der Waals surface area contributed by atoms with Crippen molar-refractivity contribution in [2.24, 2.45) is 0 Å². The fourth-order valence-electron chi connectivity index (χ4n) is 2.33. The lowest BCUT2D eigenvalue weighted by Crippen LogP contribution is -2.20. The fourth-order valence-corrected chi connectivity index (χ4v) is 2.54. The van der Waals surface area contributed by atoms with E-state index in [1.807, 2.05) is 49.2 Å². The molecule has 104 valence electrons. The predicted octanol–water partition coefficient (Wildman–Crippen LogP) is 3.98. The number of carboxylic acids is 1. The van der Waals surface area contributed by atoms with E-state index in [1.165, 1.54) is 0 Å². The average molecular weight is 290 g/mol. The van der Waals surface area contributed by atoms with E-state index >= 15 is 0 Å². The van der Waals surface area contributed by atoms with Gasteiger partial charge in [0.05, 0.1) is 11.3 Å². The molecular weight excluding hydrogens is 274 g/mol. The van der Waals surface area contributed by atoms with Crippen molar-refractivity contribution in [2.45, 2.75) is 13.5 Å². The lowest BCUT2D eigenvalue weighted by atomic mass is 10.1. The zero-order valence-corrected chi connectivity index (χ0v) is 12.2. The molecule has 3 nitrogen and oxygen atoms in total. The summed E-state index contributed by atoms with van der Waals surface area (Å²) in [5, 5.41) is 9.98. The van der Waals surface area contributed by atoms with Crippen LogP contribution < -0.4 is 4.90 Å². The molecule has 2 aromatic rings. The lowest BCUT2D eigenvalue weighted by Gasteiger charge is -2.23. The number of para-hydroxylation sites is 1. The second kappa shape index (κ2) is 5.97. The van der Waals surface area contributed by atoms with Gasteiger partial charge in [-0.1, -0.05) is 35.9 Å². The van der Waals surface area contributed by atoms with Crippen LogP contribution in [0, 0.1) is 6.92 Å². The number of hydrogen-bond acceptors (Lipinski definition) is 2. The molecule has 0 bridgehead atoms. The van der Waals surface area contributed by atoms with Gasteiger partial charge in [0.15, 0.2) is 0 Å². The summed E-state index contributed by atoms with van der Waals surface area (Å²) in [5.74, 6) is -0.915. The van der Waals surface area contributed by atoms with Crippen molar-refractivity contribution >= 4 is 23.3 Å². The average Bonchev–Trinajstić information content (AvgIpc) is 2.38. The first kappa shape index (κ1) is 14.4. The quantitative estimate of drug-likeness (QED) is 0.925. The fraction of sp³-hybridized carbons (Fsp3) is 0.188. The molecule has 4 heteroatoms. The van der Waals surface area contributed by atoms with Crippen molar-refractivity contribution in [1.82, 2.24) is 0 Å². The molecule has 2 aromatic carbocycles. The number of nitrogens with zero attached hydrogens (tertiary/aromatic N) is 1. The normalized spacial score (nSPS) is 10.3. The summed E-state index contributed by atoms with van der Waals surface area (Å²) in [5.41, 5.74) is 3.03. The maximum Gasteiger partial charge on any atom is 0.337 e. The van der Waals surface area contributed by atoms with Gasteiger partial charge in [0.25, 0.3) is 0 Å². The van der Waals surface area contributed by atoms with Crippen LogP contribution in [0.25, 0.3) is 0 Å². The van der Waals surface area contributed by atoms with E-state index in [4.69, 9.17) is 11.6 Å². The van der Waals surface area contributed by atoms with Gasteiger partial charge in [0.1, 0.15) is 0 Å².